The molecule has 2 aromatic rings. The number of anilines is 1. The molecule has 0 unspecified atom stereocenters. The van der Waals surface area contributed by atoms with Crippen LogP contribution in [0.5, 0.6) is 0 Å². The van der Waals surface area contributed by atoms with Gasteiger partial charge >= 0.3 is 0 Å². The highest BCUT2D eigenvalue weighted by Gasteiger charge is 2.26. The zero-order chi connectivity index (χ0) is 21.4. The lowest BCUT2D eigenvalue weighted by molar-refractivity contribution is 0.0730. The summed E-state index contributed by atoms with van der Waals surface area (Å²) in [5, 5.41) is 7.41. The standard InChI is InChI=1S/C21H24N4O3S2/c1-17(15-18-5-3-2-4-6-18)16-22-24-21(29)23-19-7-9-20(10-8-19)30(26,27)25-11-13-28-14-12-25/h2-10,15-16H,11-14H2,1H3,(H2,23,24,29). The molecule has 1 saturated heterocycles. The number of nitrogens with zero attached hydrogens (tertiary/aromatic N) is 2. The van der Waals surface area contributed by atoms with Crippen LogP contribution in [-0.4, -0.2) is 50.4 Å². The summed E-state index contributed by atoms with van der Waals surface area (Å²) in [5.74, 6) is 0. The zero-order valence-electron chi connectivity index (χ0n) is 16.6. The quantitative estimate of drug-likeness (QED) is 0.405. The lowest BCUT2D eigenvalue weighted by atomic mass is 10.1. The second kappa shape index (κ2) is 10.4. The maximum absolute atomic E-state index is 12.6. The third kappa shape index (κ3) is 6.20. The van der Waals surface area contributed by atoms with E-state index in [1.165, 1.54) is 4.31 Å². The fourth-order valence-corrected chi connectivity index (χ4v) is 4.43. The molecule has 1 heterocycles. The minimum absolute atomic E-state index is 0.244. The summed E-state index contributed by atoms with van der Waals surface area (Å²) in [5.41, 5.74) is 5.48. The van der Waals surface area contributed by atoms with Crippen molar-refractivity contribution in [1.29, 1.82) is 0 Å². The first-order chi connectivity index (χ1) is 14.4. The largest absolute Gasteiger partial charge is 0.379 e. The van der Waals surface area contributed by atoms with Gasteiger partial charge in [0.15, 0.2) is 5.11 Å². The summed E-state index contributed by atoms with van der Waals surface area (Å²) in [7, 11) is -3.51. The molecule has 0 aromatic heterocycles. The molecule has 0 radical (unpaired) electrons. The van der Waals surface area contributed by atoms with E-state index in [0.29, 0.717) is 37.1 Å². The van der Waals surface area contributed by atoms with Crippen molar-refractivity contribution < 1.29 is 13.2 Å². The number of allylic oxidation sites excluding steroid dienone is 1. The van der Waals surface area contributed by atoms with E-state index in [2.05, 4.69) is 15.8 Å². The molecule has 0 atom stereocenters. The monoisotopic (exact) mass is 444 g/mol. The fourth-order valence-electron chi connectivity index (χ4n) is 2.85. The SMILES string of the molecule is CC(C=NNC(=S)Nc1ccc(S(=O)(=O)N2CCOCC2)cc1)=Cc1ccccc1. The summed E-state index contributed by atoms with van der Waals surface area (Å²) < 4.78 is 31.9. The van der Waals surface area contributed by atoms with Gasteiger partial charge in [0.2, 0.25) is 10.0 Å². The molecule has 1 fully saturated rings. The number of rotatable bonds is 6. The van der Waals surface area contributed by atoms with Gasteiger partial charge in [-0.25, -0.2) is 8.42 Å². The highest BCUT2D eigenvalue weighted by Crippen LogP contribution is 2.19. The number of hydrogen-bond donors (Lipinski definition) is 2. The van der Waals surface area contributed by atoms with E-state index in [-0.39, 0.29) is 4.90 Å². The minimum atomic E-state index is -3.51. The van der Waals surface area contributed by atoms with Crippen LogP contribution >= 0.6 is 12.2 Å². The maximum atomic E-state index is 12.6. The first-order valence-electron chi connectivity index (χ1n) is 9.46. The third-order valence-corrected chi connectivity index (χ3v) is 6.45. The molecule has 0 aliphatic carbocycles. The normalized spacial score (nSPS) is 15.8. The van der Waals surface area contributed by atoms with Crippen LogP contribution in [0.1, 0.15) is 12.5 Å². The van der Waals surface area contributed by atoms with Gasteiger partial charge in [-0.2, -0.15) is 9.41 Å². The van der Waals surface area contributed by atoms with Crippen LogP contribution in [0.4, 0.5) is 5.69 Å². The molecule has 9 heteroatoms. The highest BCUT2D eigenvalue weighted by molar-refractivity contribution is 7.89. The van der Waals surface area contributed by atoms with Crippen LogP contribution in [0.3, 0.4) is 0 Å². The Labute approximate surface area is 182 Å². The molecule has 1 aliphatic heterocycles. The summed E-state index contributed by atoms with van der Waals surface area (Å²) in [6.45, 7) is 3.51. The van der Waals surface area contributed by atoms with Gasteiger partial charge in [-0.3, -0.25) is 5.43 Å². The molecule has 30 heavy (non-hydrogen) atoms. The molecule has 2 N–H and O–H groups in total. The Hall–Kier alpha value is -2.59. The van der Waals surface area contributed by atoms with E-state index >= 15 is 0 Å². The van der Waals surface area contributed by atoms with Crippen molar-refractivity contribution in [3.63, 3.8) is 0 Å². The minimum Gasteiger partial charge on any atom is -0.379 e. The number of morpholine rings is 1. The number of hydrogen-bond acceptors (Lipinski definition) is 5. The second-order valence-electron chi connectivity index (χ2n) is 6.66. The van der Waals surface area contributed by atoms with E-state index in [1.807, 2.05) is 43.3 Å². The first kappa shape index (κ1) is 22.1. The predicted octanol–water partition coefficient (Wildman–Crippen LogP) is 3.08. The van der Waals surface area contributed by atoms with Crippen molar-refractivity contribution in [2.75, 3.05) is 31.6 Å². The molecule has 0 bridgehead atoms. The van der Waals surface area contributed by atoms with Crippen molar-refractivity contribution in [2.45, 2.75) is 11.8 Å². The molecular weight excluding hydrogens is 420 g/mol. The Balaban J connectivity index is 1.53. The van der Waals surface area contributed by atoms with Crippen molar-refractivity contribution in [3.8, 4) is 0 Å². The molecule has 7 nitrogen and oxygen atoms in total. The Morgan fingerprint density at radius 1 is 1.10 bits per heavy atom. The highest BCUT2D eigenvalue weighted by atomic mass is 32.2. The molecule has 2 aromatic carbocycles. The van der Waals surface area contributed by atoms with Crippen LogP contribution in [0.25, 0.3) is 6.08 Å². The lowest BCUT2D eigenvalue weighted by Gasteiger charge is -2.26. The molecule has 158 valence electrons. The van der Waals surface area contributed by atoms with E-state index < -0.39 is 10.0 Å². The Morgan fingerprint density at radius 2 is 1.77 bits per heavy atom. The van der Waals surface area contributed by atoms with E-state index in [4.69, 9.17) is 17.0 Å². The van der Waals surface area contributed by atoms with E-state index in [9.17, 15) is 8.42 Å². The number of hydrazone groups is 1. The van der Waals surface area contributed by atoms with Crippen LogP contribution in [0, 0.1) is 0 Å². The summed E-state index contributed by atoms with van der Waals surface area (Å²) in [4.78, 5) is 0.244. The molecule has 1 aliphatic rings. The van der Waals surface area contributed by atoms with Gasteiger partial charge in [-0.05, 0) is 54.5 Å². The molecular formula is C21H24N4O3S2. The third-order valence-electron chi connectivity index (χ3n) is 4.35. The molecule has 0 saturated carbocycles. The fraction of sp³-hybridized carbons (Fsp3) is 0.238. The Bertz CT molecular complexity index is 1010. The topological polar surface area (TPSA) is 83.0 Å². The summed E-state index contributed by atoms with van der Waals surface area (Å²) in [6, 6.07) is 16.4. The van der Waals surface area contributed by atoms with Crippen molar-refractivity contribution >= 4 is 45.3 Å². The Morgan fingerprint density at radius 3 is 2.43 bits per heavy atom. The number of benzene rings is 2. The van der Waals surface area contributed by atoms with Gasteiger partial charge in [0.1, 0.15) is 0 Å². The van der Waals surface area contributed by atoms with Crippen molar-refractivity contribution in [1.82, 2.24) is 9.73 Å². The van der Waals surface area contributed by atoms with Crippen molar-refractivity contribution in [3.05, 3.63) is 65.7 Å². The second-order valence-corrected chi connectivity index (χ2v) is 9.01. The molecule has 3 rings (SSSR count). The van der Waals surface area contributed by atoms with Gasteiger partial charge < -0.3 is 10.1 Å². The van der Waals surface area contributed by atoms with Crippen LogP contribution in [0.2, 0.25) is 0 Å². The lowest BCUT2D eigenvalue weighted by Crippen LogP contribution is -2.40. The molecule has 0 spiro atoms. The number of sulfonamides is 1. The van der Waals surface area contributed by atoms with Gasteiger partial charge in [0, 0.05) is 18.8 Å². The number of thiocarbonyl (C=S) groups is 1. The average Bonchev–Trinajstić information content (AvgIpc) is 2.75. The van der Waals surface area contributed by atoms with Crippen LogP contribution in [-0.2, 0) is 14.8 Å². The predicted molar refractivity (Wildman–Crippen MR) is 124 cm³/mol. The van der Waals surface area contributed by atoms with Gasteiger partial charge in [0.25, 0.3) is 0 Å². The van der Waals surface area contributed by atoms with Gasteiger partial charge in [0.05, 0.1) is 24.3 Å². The average molecular weight is 445 g/mol. The van der Waals surface area contributed by atoms with Gasteiger partial charge in [-0.1, -0.05) is 36.4 Å². The van der Waals surface area contributed by atoms with E-state index in [0.717, 1.165) is 11.1 Å². The van der Waals surface area contributed by atoms with Gasteiger partial charge in [-0.15, -0.1) is 0 Å². The smallest absolute Gasteiger partial charge is 0.243 e. The number of ether oxygens (including phenoxy) is 1. The van der Waals surface area contributed by atoms with Crippen LogP contribution in [0.15, 0.2) is 70.2 Å². The summed E-state index contributed by atoms with van der Waals surface area (Å²) >= 11 is 5.23. The van der Waals surface area contributed by atoms with Crippen LogP contribution < -0.4 is 10.7 Å². The Kier molecular flexibility index (Phi) is 7.69. The number of nitrogens with one attached hydrogen (secondary N) is 2. The van der Waals surface area contributed by atoms with E-state index in [1.54, 1.807) is 30.5 Å². The zero-order valence-corrected chi connectivity index (χ0v) is 18.2. The van der Waals surface area contributed by atoms with Crippen molar-refractivity contribution in [2.24, 2.45) is 5.10 Å². The maximum Gasteiger partial charge on any atom is 0.243 e. The first-order valence-corrected chi connectivity index (χ1v) is 11.3. The summed E-state index contributed by atoms with van der Waals surface area (Å²) in [6.07, 6.45) is 3.69. The molecule has 0 amide bonds.